The monoisotopic (exact) mass is 592 g/mol. The Morgan fingerprint density at radius 1 is 0.610 bits per heavy atom. The summed E-state index contributed by atoms with van der Waals surface area (Å²) in [7, 11) is 0. The summed E-state index contributed by atoms with van der Waals surface area (Å²) in [6.07, 6.45) is 0.586. The quantitative estimate of drug-likeness (QED) is 0.321. The van der Waals surface area contributed by atoms with Crippen molar-refractivity contribution in [3.05, 3.63) is 69.3 Å². The van der Waals surface area contributed by atoms with E-state index in [1.807, 2.05) is 52.0 Å². The second kappa shape index (κ2) is 11.5. The van der Waals surface area contributed by atoms with Crippen molar-refractivity contribution in [2.45, 2.75) is 67.2 Å². The number of aromatic nitrogens is 4. The van der Waals surface area contributed by atoms with E-state index in [0.717, 1.165) is 78.2 Å². The predicted octanol–water partition coefficient (Wildman–Crippen LogP) is 6.26. The van der Waals surface area contributed by atoms with E-state index < -0.39 is 11.9 Å². The molecule has 0 atom stereocenters. The first kappa shape index (κ1) is 30.0. The maximum Gasteiger partial charge on any atom is 5.00 e. The summed E-state index contributed by atoms with van der Waals surface area (Å²) < 4.78 is 0. The number of carboxylic acid groups (broad SMARTS) is 2. The van der Waals surface area contributed by atoms with Gasteiger partial charge in [-0.15, -0.1) is 22.1 Å². The molecule has 0 spiro atoms. The van der Waals surface area contributed by atoms with E-state index in [4.69, 9.17) is 19.9 Å². The molecule has 0 saturated heterocycles. The van der Waals surface area contributed by atoms with Crippen LogP contribution < -0.4 is 9.97 Å². The largest absolute Gasteiger partial charge is 5.00 e. The average Bonchev–Trinajstić information content (AvgIpc) is 3.53. The Kier molecular flexibility index (Phi) is 8.43. The second-order valence-electron chi connectivity index (χ2n) is 10.6. The maximum absolute atomic E-state index is 11.5. The van der Waals surface area contributed by atoms with Crippen LogP contribution in [0.1, 0.15) is 85.1 Å². The minimum Gasteiger partial charge on any atom is -0.657 e. The Morgan fingerprint density at radius 3 is 1.56 bits per heavy atom. The van der Waals surface area contributed by atoms with Gasteiger partial charge in [-0.3, -0.25) is 9.59 Å². The van der Waals surface area contributed by atoms with E-state index >= 15 is 0 Å². The molecule has 2 N–H and O–H groups in total. The molecule has 41 heavy (non-hydrogen) atoms. The third kappa shape index (κ3) is 5.65. The van der Waals surface area contributed by atoms with Gasteiger partial charge in [-0.2, -0.15) is 0 Å². The van der Waals surface area contributed by atoms with Gasteiger partial charge < -0.3 is 20.2 Å². The van der Waals surface area contributed by atoms with Gasteiger partial charge >= 0.3 is 29.0 Å². The number of fused-ring (bicyclic) bond motifs is 8. The SMILES string of the molecule is CC1=C(C)c2cc3[n-]c(cc4nc(cc5[n-]c(cc1n2)c(C)c5C)C(C)=C4CCC(=O)O)c(CCC(=O)O)c3C.[Fe+5]. The first-order valence-corrected chi connectivity index (χ1v) is 13.4. The molecule has 0 fully saturated rings. The molecule has 0 saturated carbocycles. The molecule has 1 radical (unpaired) electrons. The number of rotatable bonds is 6. The Balaban J connectivity index is 0.00000387. The minimum atomic E-state index is -0.881. The molecule has 3 aromatic heterocycles. The van der Waals surface area contributed by atoms with Crippen molar-refractivity contribution in [3.8, 4) is 0 Å². The summed E-state index contributed by atoms with van der Waals surface area (Å²) in [5.74, 6) is -1.76. The van der Waals surface area contributed by atoms with E-state index in [1.54, 1.807) is 0 Å². The van der Waals surface area contributed by atoms with Crippen molar-refractivity contribution in [1.82, 2.24) is 19.9 Å². The van der Waals surface area contributed by atoms with E-state index in [0.29, 0.717) is 24.1 Å². The molecule has 3 aromatic rings. The van der Waals surface area contributed by atoms with Gasteiger partial charge in [0.1, 0.15) is 0 Å². The number of aryl methyl sites for hydroxylation is 4. The van der Waals surface area contributed by atoms with Crippen molar-refractivity contribution in [3.63, 3.8) is 0 Å². The van der Waals surface area contributed by atoms with Gasteiger partial charge in [0.05, 0.1) is 22.8 Å². The van der Waals surface area contributed by atoms with Crippen LogP contribution in [0, 0.1) is 20.8 Å². The van der Waals surface area contributed by atoms with Crippen LogP contribution >= 0.6 is 0 Å². The number of allylic oxidation sites excluding steroid dienone is 4. The summed E-state index contributed by atoms with van der Waals surface area (Å²) in [6.45, 7) is 12.1. The number of nitrogens with zero attached hydrogens (tertiary/aromatic N) is 4. The van der Waals surface area contributed by atoms with Crippen LogP contribution in [-0.4, -0.2) is 32.1 Å². The average molecular weight is 592 g/mol. The number of hydrogen-bond donors (Lipinski definition) is 2. The number of aliphatic carboxylic acids is 2. The van der Waals surface area contributed by atoms with Gasteiger partial charge in [0, 0.05) is 12.8 Å². The van der Waals surface area contributed by atoms with E-state index in [-0.39, 0.29) is 29.9 Å². The van der Waals surface area contributed by atoms with E-state index in [1.165, 1.54) is 0 Å². The summed E-state index contributed by atoms with van der Waals surface area (Å²) in [5, 5.41) is 18.8. The van der Waals surface area contributed by atoms with Crippen molar-refractivity contribution in [2.24, 2.45) is 0 Å². The third-order valence-electron chi connectivity index (χ3n) is 8.19. The summed E-state index contributed by atoms with van der Waals surface area (Å²) in [4.78, 5) is 42.7. The van der Waals surface area contributed by atoms with Gasteiger partial charge in [-0.25, -0.2) is 9.97 Å². The molecule has 5 heterocycles. The van der Waals surface area contributed by atoms with Crippen molar-refractivity contribution >= 4 is 56.3 Å². The fourth-order valence-corrected chi connectivity index (χ4v) is 5.31. The van der Waals surface area contributed by atoms with Gasteiger partial charge in [0.25, 0.3) is 0 Å². The fraction of sp³-hybridized carbons (Fsp3) is 0.312. The molecule has 0 aliphatic carbocycles. The molecule has 2 aliphatic rings. The van der Waals surface area contributed by atoms with Gasteiger partial charge in [-0.05, 0) is 76.7 Å². The number of carbonyl (C=O) groups is 2. The molecular weight excluding hydrogens is 560 g/mol. The van der Waals surface area contributed by atoms with Crippen LogP contribution in [0.2, 0.25) is 0 Å². The summed E-state index contributed by atoms with van der Waals surface area (Å²) in [5.41, 5.74) is 13.8. The second-order valence-corrected chi connectivity index (χ2v) is 10.6. The summed E-state index contributed by atoms with van der Waals surface area (Å²) in [6, 6.07) is 7.80. The Morgan fingerprint density at radius 2 is 1.02 bits per heavy atom. The van der Waals surface area contributed by atoms with E-state index in [9.17, 15) is 19.8 Å². The van der Waals surface area contributed by atoms with Gasteiger partial charge in [0.2, 0.25) is 0 Å². The normalized spacial score (nSPS) is 13.0. The zero-order chi connectivity index (χ0) is 28.9. The van der Waals surface area contributed by atoms with Gasteiger partial charge in [-0.1, -0.05) is 46.5 Å². The van der Waals surface area contributed by atoms with Gasteiger partial charge in [0.15, 0.2) is 0 Å². The predicted molar refractivity (Wildman–Crippen MR) is 157 cm³/mol. The molecule has 0 unspecified atom stereocenters. The van der Waals surface area contributed by atoms with Crippen LogP contribution in [0.4, 0.5) is 0 Å². The first-order chi connectivity index (χ1) is 18.9. The van der Waals surface area contributed by atoms with Crippen LogP contribution in [-0.2, 0) is 33.1 Å². The van der Waals surface area contributed by atoms with E-state index in [2.05, 4.69) is 13.8 Å². The Hall–Kier alpha value is -3.94. The Bertz CT molecular complexity index is 1820. The van der Waals surface area contributed by atoms with Crippen LogP contribution in [0.15, 0.2) is 24.3 Å². The molecule has 9 heteroatoms. The molecule has 209 valence electrons. The molecule has 0 aromatic carbocycles. The maximum atomic E-state index is 11.5. The zero-order valence-corrected chi connectivity index (χ0v) is 25.1. The minimum absolute atomic E-state index is 0. The molecule has 5 rings (SSSR count). The van der Waals surface area contributed by atoms with Crippen LogP contribution in [0.5, 0.6) is 0 Å². The molecule has 2 aliphatic heterocycles. The third-order valence-corrected chi connectivity index (χ3v) is 8.19. The molecular formula is C32H32FeN4O4+3. The topological polar surface area (TPSA) is 129 Å². The van der Waals surface area contributed by atoms with Crippen molar-refractivity contribution in [1.29, 1.82) is 0 Å². The van der Waals surface area contributed by atoms with Crippen LogP contribution in [0.25, 0.3) is 44.4 Å². The van der Waals surface area contributed by atoms with Crippen LogP contribution in [0.3, 0.4) is 0 Å². The fourth-order valence-electron chi connectivity index (χ4n) is 5.31. The molecule has 0 amide bonds. The number of carboxylic acids is 2. The van der Waals surface area contributed by atoms with Crippen molar-refractivity contribution in [2.75, 3.05) is 0 Å². The zero-order valence-electron chi connectivity index (χ0n) is 24.0. The summed E-state index contributed by atoms with van der Waals surface area (Å²) >= 11 is 0. The number of hydrogen-bond acceptors (Lipinski definition) is 4. The first-order valence-electron chi connectivity index (χ1n) is 13.4. The van der Waals surface area contributed by atoms with Crippen molar-refractivity contribution < 1.29 is 36.9 Å². The standard InChI is InChI=1S/C32H34N4O4.Fe/c1-15-17(3)25-12-27-19(5)21(7-9-31(37)38)29(35-27)14-30-22(8-10-32(39)40)20(6)28(36-30)13-26-18(4)16(2)24(34-26)11-23(15)33-25;/h11-14H,7-10H2,1-6H3,(H4,33,34,35,36,37,38,39,40);/q;+5/p-2. The smallest absolute Gasteiger partial charge is 0.657 e. The molecule has 8 bridgehead atoms. The Labute approximate surface area is 249 Å². The molecule has 8 nitrogen and oxygen atoms in total.